The number of aliphatic hydroxyl groups is 1. The number of aliphatic hydroxyl groups excluding tert-OH is 1. The van der Waals surface area contributed by atoms with E-state index in [1.54, 1.807) is 19.1 Å². The van der Waals surface area contributed by atoms with Crippen LogP contribution in [0.1, 0.15) is 29.3 Å². The molecule has 1 rings (SSSR count). The smallest absolute Gasteiger partial charge is 0.251 e. The van der Waals surface area contributed by atoms with E-state index in [2.05, 4.69) is 5.32 Å². The Labute approximate surface area is 95.5 Å². The number of carbonyl (C=O) groups is 1. The number of carbonyl (C=O) groups excluding carboxylic acids is 1. The average molecular weight is 222 g/mol. The highest BCUT2D eigenvalue weighted by Crippen LogP contribution is 2.10. The van der Waals surface area contributed by atoms with Gasteiger partial charge in [-0.25, -0.2) is 0 Å². The summed E-state index contributed by atoms with van der Waals surface area (Å²) in [5, 5.41) is 11.8. The SMILES string of the molecule is Cc1cc(N)cc(C(=O)NCCC(C)O)c1. The van der Waals surface area contributed by atoms with Gasteiger partial charge in [-0.3, -0.25) is 4.79 Å². The number of benzene rings is 1. The summed E-state index contributed by atoms with van der Waals surface area (Å²) < 4.78 is 0. The van der Waals surface area contributed by atoms with Crippen molar-refractivity contribution in [3.63, 3.8) is 0 Å². The first-order valence-electron chi connectivity index (χ1n) is 5.32. The van der Waals surface area contributed by atoms with Gasteiger partial charge in [-0.2, -0.15) is 0 Å². The van der Waals surface area contributed by atoms with Gasteiger partial charge in [-0.1, -0.05) is 0 Å². The minimum absolute atomic E-state index is 0.156. The zero-order chi connectivity index (χ0) is 12.1. The Morgan fingerprint density at radius 2 is 2.19 bits per heavy atom. The van der Waals surface area contributed by atoms with Gasteiger partial charge in [0.2, 0.25) is 0 Å². The molecule has 0 aliphatic rings. The Morgan fingerprint density at radius 3 is 2.75 bits per heavy atom. The van der Waals surface area contributed by atoms with E-state index in [9.17, 15) is 4.79 Å². The molecular formula is C12H18N2O2. The van der Waals surface area contributed by atoms with Crippen molar-refractivity contribution in [3.05, 3.63) is 29.3 Å². The van der Waals surface area contributed by atoms with Crippen LogP contribution in [0.3, 0.4) is 0 Å². The molecule has 1 atom stereocenters. The Hall–Kier alpha value is -1.55. The molecule has 1 amide bonds. The van der Waals surface area contributed by atoms with Crippen LogP contribution in [0.5, 0.6) is 0 Å². The van der Waals surface area contributed by atoms with Gasteiger partial charge in [0.25, 0.3) is 5.91 Å². The van der Waals surface area contributed by atoms with Gasteiger partial charge < -0.3 is 16.2 Å². The summed E-state index contributed by atoms with van der Waals surface area (Å²) in [6, 6.07) is 5.24. The van der Waals surface area contributed by atoms with Crippen molar-refractivity contribution < 1.29 is 9.90 Å². The molecule has 0 spiro atoms. The summed E-state index contributed by atoms with van der Waals surface area (Å²) in [5.41, 5.74) is 7.76. The predicted octanol–water partition coefficient (Wildman–Crippen LogP) is 1.08. The molecule has 0 fully saturated rings. The van der Waals surface area contributed by atoms with Crippen molar-refractivity contribution in [1.82, 2.24) is 5.32 Å². The van der Waals surface area contributed by atoms with Crippen LogP contribution in [0, 0.1) is 6.92 Å². The topological polar surface area (TPSA) is 75.4 Å². The molecule has 4 nitrogen and oxygen atoms in total. The maximum atomic E-state index is 11.7. The summed E-state index contributed by atoms with van der Waals surface area (Å²) in [6.07, 6.45) is 0.149. The van der Waals surface area contributed by atoms with Crippen molar-refractivity contribution in [2.75, 3.05) is 12.3 Å². The molecule has 1 aromatic carbocycles. The minimum atomic E-state index is -0.400. The Kier molecular flexibility index (Phi) is 4.31. The van der Waals surface area contributed by atoms with Crippen molar-refractivity contribution in [1.29, 1.82) is 0 Å². The molecule has 0 bridgehead atoms. The molecule has 0 aromatic heterocycles. The van der Waals surface area contributed by atoms with Gasteiger partial charge in [-0.05, 0) is 44.0 Å². The van der Waals surface area contributed by atoms with Crippen LogP contribution in [-0.2, 0) is 0 Å². The fourth-order valence-corrected chi connectivity index (χ4v) is 1.44. The number of nitrogen functional groups attached to an aromatic ring is 1. The number of nitrogens with one attached hydrogen (secondary N) is 1. The summed E-state index contributed by atoms with van der Waals surface area (Å²) >= 11 is 0. The number of nitrogens with two attached hydrogens (primary N) is 1. The van der Waals surface area contributed by atoms with Gasteiger partial charge in [0, 0.05) is 17.8 Å². The molecule has 0 saturated carbocycles. The van der Waals surface area contributed by atoms with E-state index in [1.807, 2.05) is 13.0 Å². The quantitative estimate of drug-likeness (QED) is 0.667. The van der Waals surface area contributed by atoms with Crippen LogP contribution in [0.4, 0.5) is 5.69 Å². The highest BCUT2D eigenvalue weighted by Gasteiger charge is 2.06. The molecule has 0 radical (unpaired) electrons. The van der Waals surface area contributed by atoms with Crippen molar-refractivity contribution in [2.24, 2.45) is 0 Å². The summed E-state index contributed by atoms with van der Waals surface area (Å²) in [5.74, 6) is -0.156. The van der Waals surface area contributed by atoms with E-state index in [4.69, 9.17) is 10.8 Å². The first kappa shape index (κ1) is 12.5. The van der Waals surface area contributed by atoms with Gasteiger partial charge in [-0.15, -0.1) is 0 Å². The van der Waals surface area contributed by atoms with Gasteiger partial charge in [0.1, 0.15) is 0 Å². The van der Waals surface area contributed by atoms with Crippen molar-refractivity contribution in [3.8, 4) is 0 Å². The third-order valence-electron chi connectivity index (χ3n) is 2.21. The fraction of sp³-hybridized carbons (Fsp3) is 0.417. The number of hydrogen-bond acceptors (Lipinski definition) is 3. The second-order valence-corrected chi connectivity index (χ2v) is 4.03. The monoisotopic (exact) mass is 222 g/mol. The molecule has 0 aliphatic heterocycles. The lowest BCUT2D eigenvalue weighted by Gasteiger charge is -2.08. The lowest BCUT2D eigenvalue weighted by atomic mass is 10.1. The van der Waals surface area contributed by atoms with Gasteiger partial charge >= 0.3 is 0 Å². The van der Waals surface area contributed by atoms with E-state index in [0.717, 1.165) is 5.56 Å². The van der Waals surface area contributed by atoms with Gasteiger partial charge in [0.05, 0.1) is 6.10 Å². The molecule has 16 heavy (non-hydrogen) atoms. The van der Waals surface area contributed by atoms with Crippen molar-refractivity contribution in [2.45, 2.75) is 26.4 Å². The molecule has 0 aliphatic carbocycles. The van der Waals surface area contributed by atoms with Crippen LogP contribution >= 0.6 is 0 Å². The van der Waals surface area contributed by atoms with E-state index >= 15 is 0 Å². The van der Waals surface area contributed by atoms with E-state index < -0.39 is 6.10 Å². The fourth-order valence-electron chi connectivity index (χ4n) is 1.44. The molecule has 0 heterocycles. The van der Waals surface area contributed by atoms with Crippen LogP contribution < -0.4 is 11.1 Å². The Bertz CT molecular complexity index is 355. The number of anilines is 1. The zero-order valence-corrected chi connectivity index (χ0v) is 9.66. The number of aryl methyl sites for hydroxylation is 1. The molecule has 4 N–H and O–H groups in total. The third kappa shape index (κ3) is 3.90. The van der Waals surface area contributed by atoms with Crippen molar-refractivity contribution >= 4 is 11.6 Å². The van der Waals surface area contributed by atoms with Crippen LogP contribution in [0.25, 0.3) is 0 Å². The number of rotatable bonds is 4. The van der Waals surface area contributed by atoms with E-state index in [1.165, 1.54) is 0 Å². The summed E-state index contributed by atoms with van der Waals surface area (Å²) in [7, 11) is 0. The Morgan fingerprint density at radius 1 is 1.50 bits per heavy atom. The maximum Gasteiger partial charge on any atom is 0.251 e. The number of amides is 1. The molecule has 0 saturated heterocycles. The lowest BCUT2D eigenvalue weighted by Crippen LogP contribution is -2.26. The average Bonchev–Trinajstić information content (AvgIpc) is 2.15. The summed E-state index contributed by atoms with van der Waals surface area (Å²) in [6.45, 7) is 4.05. The molecule has 1 unspecified atom stereocenters. The second-order valence-electron chi connectivity index (χ2n) is 4.03. The van der Waals surface area contributed by atoms with E-state index in [0.29, 0.717) is 24.2 Å². The Balaban J connectivity index is 2.59. The van der Waals surface area contributed by atoms with E-state index in [-0.39, 0.29) is 5.91 Å². The highest BCUT2D eigenvalue weighted by atomic mass is 16.3. The van der Waals surface area contributed by atoms with Gasteiger partial charge in [0.15, 0.2) is 0 Å². The molecule has 1 aromatic rings. The van der Waals surface area contributed by atoms with Crippen LogP contribution in [0.15, 0.2) is 18.2 Å². The summed E-state index contributed by atoms with van der Waals surface area (Å²) in [4.78, 5) is 11.7. The molecule has 4 heteroatoms. The standard InChI is InChI=1S/C12H18N2O2/c1-8-5-10(7-11(13)6-8)12(16)14-4-3-9(2)15/h5-7,9,15H,3-4,13H2,1-2H3,(H,14,16). The molecular weight excluding hydrogens is 204 g/mol. The second kappa shape index (κ2) is 5.51. The first-order valence-corrected chi connectivity index (χ1v) is 5.32. The zero-order valence-electron chi connectivity index (χ0n) is 9.66. The van der Waals surface area contributed by atoms with Crippen LogP contribution in [0.2, 0.25) is 0 Å². The number of hydrogen-bond donors (Lipinski definition) is 3. The normalized spacial score (nSPS) is 12.2. The lowest BCUT2D eigenvalue weighted by molar-refractivity contribution is 0.0945. The third-order valence-corrected chi connectivity index (χ3v) is 2.21. The predicted molar refractivity (Wildman–Crippen MR) is 64.2 cm³/mol. The minimum Gasteiger partial charge on any atom is -0.399 e. The first-order chi connectivity index (χ1) is 7.49. The van der Waals surface area contributed by atoms with Crippen LogP contribution in [-0.4, -0.2) is 23.7 Å². The largest absolute Gasteiger partial charge is 0.399 e. The molecule has 88 valence electrons. The maximum absolute atomic E-state index is 11.7. The highest BCUT2D eigenvalue weighted by molar-refractivity contribution is 5.95.